The highest BCUT2D eigenvalue weighted by Gasteiger charge is 2.37. The van der Waals surface area contributed by atoms with Crippen LogP contribution in [0.5, 0.6) is 0 Å². The van der Waals surface area contributed by atoms with E-state index in [2.05, 4.69) is 56.4 Å². The Labute approximate surface area is 138 Å². The summed E-state index contributed by atoms with van der Waals surface area (Å²) in [6, 6.07) is 2.18. The molecule has 0 aliphatic heterocycles. The van der Waals surface area contributed by atoms with E-state index in [4.69, 9.17) is 9.16 Å². The second-order valence-corrected chi connectivity index (χ2v) is 10.9. The average molecular weight is 412 g/mol. The van der Waals surface area contributed by atoms with E-state index in [1.54, 1.807) is 0 Å². The third-order valence-electron chi connectivity index (χ3n) is 3.84. The first-order valence-corrected chi connectivity index (χ1v) is 11.2. The van der Waals surface area contributed by atoms with Gasteiger partial charge >= 0.3 is 5.97 Å². The van der Waals surface area contributed by atoms with Crippen LogP contribution < -0.4 is 0 Å². The first-order chi connectivity index (χ1) is 9.45. The van der Waals surface area contributed by atoms with Crippen LogP contribution in [0, 0.1) is 0 Å². The highest BCUT2D eigenvalue weighted by atomic mass is 127. The van der Waals surface area contributed by atoms with Crippen molar-refractivity contribution in [2.45, 2.75) is 71.2 Å². The quantitative estimate of drug-likeness (QED) is 0.286. The largest absolute Gasteiger partial charge is 0.466 e. The Morgan fingerprint density at radius 3 is 2.25 bits per heavy atom. The summed E-state index contributed by atoms with van der Waals surface area (Å²) in [5.74, 6) is -0.154. The molecule has 5 heteroatoms. The maximum absolute atomic E-state index is 11.7. The number of hydrogen-bond acceptors (Lipinski definition) is 3. The first-order valence-electron chi connectivity index (χ1n) is 7.54. The Hall–Kier alpha value is 0.117. The molecule has 0 fully saturated rings. The maximum atomic E-state index is 11.7. The van der Waals surface area contributed by atoms with Gasteiger partial charge in [0.2, 0.25) is 0 Å². The van der Waals surface area contributed by atoms with Crippen molar-refractivity contribution in [1.82, 2.24) is 0 Å². The molecule has 0 aromatic heterocycles. The normalized spacial score (nSPS) is 13.9. The van der Waals surface area contributed by atoms with Crippen LogP contribution in [0.4, 0.5) is 0 Å². The van der Waals surface area contributed by atoms with E-state index in [-0.39, 0.29) is 12.1 Å². The minimum absolute atomic E-state index is 0.0472. The minimum atomic E-state index is -1.77. The van der Waals surface area contributed by atoms with Gasteiger partial charge < -0.3 is 9.16 Å². The van der Waals surface area contributed by atoms with E-state index >= 15 is 0 Å². The lowest BCUT2D eigenvalue weighted by Gasteiger charge is -2.36. The molecule has 0 aromatic rings. The summed E-state index contributed by atoms with van der Waals surface area (Å²) in [4.78, 5) is 11.7. The Balaban J connectivity index is 4.88. The van der Waals surface area contributed by atoms with Gasteiger partial charge in [0.25, 0.3) is 0 Å². The molecule has 0 spiro atoms. The molecule has 0 aliphatic rings. The van der Waals surface area contributed by atoms with Gasteiger partial charge in [-0.25, -0.2) is 0 Å². The molecule has 0 aliphatic carbocycles. The highest BCUT2D eigenvalue weighted by Crippen LogP contribution is 2.32. The van der Waals surface area contributed by atoms with Crippen LogP contribution >= 0.6 is 22.6 Å². The zero-order valence-corrected chi connectivity index (χ0v) is 16.6. The molecular weight excluding hydrogens is 383 g/mol. The predicted octanol–water partition coefficient (Wildman–Crippen LogP) is 5.06. The van der Waals surface area contributed by atoms with E-state index < -0.39 is 8.32 Å². The lowest BCUT2D eigenvalue weighted by Crippen LogP contribution is -2.44. The van der Waals surface area contributed by atoms with E-state index in [0.717, 1.165) is 18.5 Å². The molecule has 0 bridgehead atoms. The van der Waals surface area contributed by atoms with Gasteiger partial charge in [-0.3, -0.25) is 4.79 Å². The van der Waals surface area contributed by atoms with Crippen LogP contribution in [0.15, 0.2) is 10.2 Å². The van der Waals surface area contributed by atoms with Gasteiger partial charge in [-0.05, 0) is 35.1 Å². The summed E-state index contributed by atoms with van der Waals surface area (Å²) in [5.41, 5.74) is 0.561. The van der Waals surface area contributed by atoms with Crippen molar-refractivity contribution in [3.05, 3.63) is 10.2 Å². The summed E-state index contributed by atoms with van der Waals surface area (Å²) in [6.07, 6.45) is 3.16. The number of hydrogen-bond donors (Lipinski definition) is 0. The summed E-state index contributed by atoms with van der Waals surface area (Å²) in [6.45, 7) is 11.2. The fourth-order valence-corrected chi connectivity index (χ4v) is 6.36. The topological polar surface area (TPSA) is 35.5 Å². The van der Waals surface area contributed by atoms with Crippen molar-refractivity contribution < 1.29 is 14.0 Å². The lowest BCUT2D eigenvalue weighted by molar-refractivity contribution is -0.145. The van der Waals surface area contributed by atoms with Crippen molar-refractivity contribution in [2.75, 3.05) is 6.61 Å². The number of rotatable bonds is 10. The smallest absolute Gasteiger partial charge is 0.308 e. The molecule has 0 aromatic carbocycles. The van der Waals surface area contributed by atoms with Crippen molar-refractivity contribution in [3.8, 4) is 0 Å². The van der Waals surface area contributed by atoms with Crippen LogP contribution in [0.2, 0.25) is 17.6 Å². The lowest BCUT2D eigenvalue weighted by atomic mass is 10.2. The Morgan fingerprint density at radius 2 is 1.85 bits per heavy atom. The molecule has 0 heterocycles. The number of esters is 1. The van der Waals surface area contributed by atoms with Crippen molar-refractivity contribution in [3.63, 3.8) is 0 Å². The molecule has 0 unspecified atom stereocenters. The van der Waals surface area contributed by atoms with Crippen LogP contribution in [0.3, 0.4) is 0 Å². The van der Waals surface area contributed by atoms with Crippen molar-refractivity contribution in [1.29, 1.82) is 0 Å². The van der Waals surface area contributed by atoms with Gasteiger partial charge in [-0.1, -0.05) is 56.4 Å². The molecule has 3 nitrogen and oxygen atoms in total. The Morgan fingerprint density at radius 1 is 1.25 bits per heavy atom. The number of carbonyl (C=O) groups is 1. The van der Waals surface area contributed by atoms with Crippen LogP contribution in [0.25, 0.3) is 0 Å². The maximum Gasteiger partial charge on any atom is 0.308 e. The Kier molecular flexibility index (Phi) is 10.9. The highest BCUT2D eigenvalue weighted by molar-refractivity contribution is 14.1. The van der Waals surface area contributed by atoms with Crippen LogP contribution in [-0.2, 0) is 14.0 Å². The van der Waals surface area contributed by atoms with Crippen LogP contribution in [-0.4, -0.2) is 27.0 Å². The molecule has 0 saturated heterocycles. The van der Waals surface area contributed by atoms with Gasteiger partial charge in [0.15, 0.2) is 8.32 Å². The standard InChI is InChI=1S/C15H29IO3Si/c1-6-18-15(17)12-14(10-9-11-16)19-20(7-2,8-3)13(4)5/h9,11,13-14H,6-8,10,12H2,1-5H3/b11-9-/t14-/m0/s1. The van der Waals surface area contributed by atoms with Gasteiger partial charge in [0, 0.05) is 0 Å². The molecule has 20 heavy (non-hydrogen) atoms. The molecule has 118 valence electrons. The molecule has 0 N–H and O–H groups in total. The monoisotopic (exact) mass is 412 g/mol. The van der Waals surface area contributed by atoms with Gasteiger partial charge in [0.1, 0.15) is 0 Å². The molecule has 0 amide bonds. The van der Waals surface area contributed by atoms with Gasteiger partial charge in [-0.2, -0.15) is 0 Å². The molecular formula is C15H29IO3Si. The van der Waals surface area contributed by atoms with E-state index in [1.165, 1.54) is 0 Å². The van der Waals surface area contributed by atoms with Crippen molar-refractivity contribution in [2.24, 2.45) is 0 Å². The van der Waals surface area contributed by atoms with E-state index in [0.29, 0.717) is 18.6 Å². The van der Waals surface area contributed by atoms with Gasteiger partial charge in [-0.15, -0.1) is 0 Å². The summed E-state index contributed by atoms with van der Waals surface area (Å²) in [7, 11) is -1.77. The second-order valence-electron chi connectivity index (χ2n) is 5.27. The van der Waals surface area contributed by atoms with Crippen molar-refractivity contribution >= 4 is 36.9 Å². The first kappa shape index (κ1) is 20.1. The molecule has 0 rings (SSSR count). The van der Waals surface area contributed by atoms with E-state index in [9.17, 15) is 4.79 Å². The fraction of sp³-hybridized carbons (Fsp3) is 0.800. The minimum Gasteiger partial charge on any atom is -0.466 e. The van der Waals surface area contributed by atoms with Gasteiger partial charge in [0.05, 0.1) is 19.1 Å². The third-order valence-corrected chi connectivity index (χ3v) is 9.65. The summed E-state index contributed by atoms with van der Waals surface area (Å²) in [5, 5.41) is 0. The zero-order chi connectivity index (χ0) is 15.6. The molecule has 0 saturated carbocycles. The second kappa shape index (κ2) is 10.8. The zero-order valence-electron chi connectivity index (χ0n) is 13.4. The third kappa shape index (κ3) is 6.71. The van der Waals surface area contributed by atoms with E-state index in [1.807, 2.05) is 11.0 Å². The average Bonchev–Trinajstić information content (AvgIpc) is 2.41. The fourth-order valence-electron chi connectivity index (χ4n) is 2.48. The molecule has 0 radical (unpaired) electrons. The number of carbonyl (C=O) groups excluding carboxylic acids is 1. The number of ether oxygens (including phenoxy) is 1. The predicted molar refractivity (Wildman–Crippen MR) is 95.7 cm³/mol. The summed E-state index contributed by atoms with van der Waals surface area (Å²) < 4.78 is 13.5. The summed E-state index contributed by atoms with van der Waals surface area (Å²) >= 11 is 2.20. The SMILES string of the molecule is CCOC(=O)C[C@H](C/C=C\I)O[Si](CC)(CC)C(C)C. The van der Waals surface area contributed by atoms with Crippen LogP contribution in [0.1, 0.15) is 47.5 Å². The Bertz CT molecular complexity index is 301. The molecule has 1 atom stereocenters. The number of halogens is 1.